The summed E-state index contributed by atoms with van der Waals surface area (Å²) in [6.07, 6.45) is 1.50. The zero-order valence-corrected chi connectivity index (χ0v) is 18.6. The molecule has 2 aromatic heterocycles. The fraction of sp³-hybridized carbons (Fsp3) is 0.0417. The van der Waals surface area contributed by atoms with E-state index in [1.165, 1.54) is 34.8 Å². The van der Waals surface area contributed by atoms with Gasteiger partial charge in [0.2, 0.25) is 5.16 Å². The van der Waals surface area contributed by atoms with Gasteiger partial charge in [0.1, 0.15) is 5.82 Å². The van der Waals surface area contributed by atoms with Gasteiger partial charge in [-0.05, 0) is 59.0 Å². The first-order valence-corrected chi connectivity index (χ1v) is 11.3. The number of halogens is 1. The van der Waals surface area contributed by atoms with Crippen molar-refractivity contribution in [2.45, 2.75) is 10.9 Å². The number of rotatable bonds is 7. The lowest BCUT2D eigenvalue weighted by atomic mass is 10.2. The predicted octanol–water partition coefficient (Wildman–Crippen LogP) is 4.32. The van der Waals surface area contributed by atoms with Crippen molar-refractivity contribution in [3.05, 3.63) is 112 Å². The monoisotopic (exact) mass is 471 g/mol. The van der Waals surface area contributed by atoms with Crippen molar-refractivity contribution in [3.63, 3.8) is 0 Å². The summed E-state index contributed by atoms with van der Waals surface area (Å²) in [5.74, 6) is 0.0489. The van der Waals surface area contributed by atoms with Gasteiger partial charge in [0.25, 0.3) is 5.56 Å². The standard InChI is InChI=1S/C24H18FN7OS/c25-17-11-13-18(14-12-17)26-15-21-22(28-31(23(21)33)19-7-3-1-4-8-19)16-34-24-27-29-30-32(24)20-9-5-2-6-10-20/h1-15,28H,16H2. The lowest BCUT2D eigenvalue weighted by Crippen LogP contribution is -2.17. The predicted molar refractivity (Wildman–Crippen MR) is 129 cm³/mol. The first kappa shape index (κ1) is 21.5. The average molecular weight is 472 g/mol. The summed E-state index contributed by atoms with van der Waals surface area (Å²) < 4.78 is 16.3. The molecule has 2 heterocycles. The highest BCUT2D eigenvalue weighted by molar-refractivity contribution is 7.98. The van der Waals surface area contributed by atoms with Crippen LogP contribution in [0.25, 0.3) is 11.4 Å². The topological polar surface area (TPSA) is 93.8 Å². The van der Waals surface area contributed by atoms with Gasteiger partial charge in [-0.25, -0.2) is 9.07 Å². The van der Waals surface area contributed by atoms with Crippen LogP contribution in [0.4, 0.5) is 10.1 Å². The van der Waals surface area contributed by atoms with Crippen LogP contribution in [0.2, 0.25) is 0 Å². The van der Waals surface area contributed by atoms with Gasteiger partial charge >= 0.3 is 0 Å². The molecule has 0 aliphatic carbocycles. The molecule has 0 atom stereocenters. The molecular weight excluding hydrogens is 453 g/mol. The molecule has 5 rings (SSSR count). The summed E-state index contributed by atoms with van der Waals surface area (Å²) >= 11 is 1.39. The van der Waals surface area contributed by atoms with Gasteiger partial charge < -0.3 is 0 Å². The van der Waals surface area contributed by atoms with Crippen molar-refractivity contribution in [3.8, 4) is 11.4 Å². The molecule has 5 aromatic rings. The third-order valence-electron chi connectivity index (χ3n) is 4.98. The minimum atomic E-state index is -0.347. The Labute approximate surface area is 197 Å². The van der Waals surface area contributed by atoms with E-state index in [2.05, 4.69) is 25.6 Å². The Bertz CT molecular complexity index is 1480. The number of benzene rings is 3. The largest absolute Gasteiger partial charge is 0.293 e. The van der Waals surface area contributed by atoms with Crippen LogP contribution < -0.4 is 5.56 Å². The highest BCUT2D eigenvalue weighted by atomic mass is 32.2. The zero-order valence-electron chi connectivity index (χ0n) is 17.7. The van der Waals surface area contributed by atoms with Crippen LogP contribution >= 0.6 is 11.8 Å². The van der Waals surface area contributed by atoms with Crippen molar-refractivity contribution in [1.29, 1.82) is 0 Å². The second-order valence-electron chi connectivity index (χ2n) is 7.21. The number of hydrogen-bond donors (Lipinski definition) is 1. The van der Waals surface area contributed by atoms with Crippen LogP contribution in [0.15, 0.2) is 99.9 Å². The molecule has 8 nitrogen and oxygen atoms in total. The molecule has 0 saturated carbocycles. The third-order valence-corrected chi connectivity index (χ3v) is 5.92. The number of aliphatic imine (C=N–C) groups is 1. The summed E-state index contributed by atoms with van der Waals surface area (Å²) in [5, 5.41) is 15.8. The van der Waals surface area contributed by atoms with E-state index in [0.717, 1.165) is 5.69 Å². The van der Waals surface area contributed by atoms with Crippen molar-refractivity contribution in [1.82, 2.24) is 30.0 Å². The van der Waals surface area contributed by atoms with Crippen molar-refractivity contribution >= 4 is 23.7 Å². The molecule has 0 aliphatic heterocycles. The van der Waals surface area contributed by atoms with Gasteiger partial charge in [0, 0.05) is 12.0 Å². The van der Waals surface area contributed by atoms with Crippen LogP contribution in [-0.2, 0) is 5.75 Å². The van der Waals surface area contributed by atoms with E-state index in [-0.39, 0.29) is 11.4 Å². The maximum Gasteiger partial charge on any atom is 0.280 e. The molecule has 168 valence electrons. The number of aromatic amines is 1. The number of aromatic nitrogens is 6. The molecule has 3 aromatic carbocycles. The second kappa shape index (κ2) is 9.67. The summed E-state index contributed by atoms with van der Waals surface area (Å²) in [6, 6.07) is 24.6. The lowest BCUT2D eigenvalue weighted by molar-refractivity contribution is 0.628. The molecule has 10 heteroatoms. The van der Waals surface area contributed by atoms with E-state index < -0.39 is 0 Å². The highest BCUT2D eigenvalue weighted by Gasteiger charge is 2.16. The summed E-state index contributed by atoms with van der Waals surface area (Å²) in [6.45, 7) is 0. The fourth-order valence-electron chi connectivity index (χ4n) is 3.30. The second-order valence-corrected chi connectivity index (χ2v) is 8.15. The summed E-state index contributed by atoms with van der Waals surface area (Å²) in [4.78, 5) is 17.6. The van der Waals surface area contributed by atoms with Gasteiger partial charge in [-0.2, -0.15) is 4.68 Å². The first-order chi connectivity index (χ1) is 16.7. The van der Waals surface area contributed by atoms with Gasteiger partial charge in [0.15, 0.2) is 0 Å². The maximum atomic E-state index is 13.2. The highest BCUT2D eigenvalue weighted by Crippen LogP contribution is 2.23. The molecule has 0 aliphatic rings. The van der Waals surface area contributed by atoms with Crippen molar-refractivity contribution in [2.75, 3.05) is 0 Å². The van der Waals surface area contributed by atoms with Crippen LogP contribution in [0, 0.1) is 5.82 Å². The number of H-pyrrole nitrogens is 1. The normalized spacial score (nSPS) is 11.3. The van der Waals surface area contributed by atoms with E-state index in [9.17, 15) is 9.18 Å². The van der Waals surface area contributed by atoms with Gasteiger partial charge in [-0.15, -0.1) is 5.10 Å². The number of nitrogens with zero attached hydrogens (tertiary/aromatic N) is 6. The van der Waals surface area contributed by atoms with E-state index in [0.29, 0.717) is 33.5 Å². The number of hydrogen-bond acceptors (Lipinski definition) is 6. The minimum Gasteiger partial charge on any atom is -0.293 e. The van der Waals surface area contributed by atoms with Gasteiger partial charge in [-0.3, -0.25) is 14.9 Å². The van der Waals surface area contributed by atoms with Gasteiger partial charge in [0.05, 0.1) is 28.3 Å². The third kappa shape index (κ3) is 4.57. The molecule has 1 N–H and O–H groups in total. The Morgan fingerprint density at radius 1 is 0.941 bits per heavy atom. The number of tetrazole rings is 1. The van der Waals surface area contributed by atoms with Crippen LogP contribution in [0.1, 0.15) is 11.3 Å². The Kier molecular flexibility index (Phi) is 6.13. The maximum absolute atomic E-state index is 13.2. The summed E-state index contributed by atoms with van der Waals surface area (Å²) in [5.41, 5.74) is 2.90. The minimum absolute atomic E-state index is 0.240. The van der Waals surface area contributed by atoms with E-state index in [4.69, 9.17) is 0 Å². The van der Waals surface area contributed by atoms with E-state index in [1.807, 2.05) is 60.7 Å². The van der Waals surface area contributed by atoms with E-state index in [1.54, 1.807) is 16.8 Å². The van der Waals surface area contributed by atoms with Crippen molar-refractivity contribution < 1.29 is 4.39 Å². The Morgan fingerprint density at radius 3 is 2.32 bits per heavy atom. The van der Waals surface area contributed by atoms with E-state index >= 15 is 0 Å². The number of thioether (sulfide) groups is 1. The fourth-order valence-corrected chi connectivity index (χ4v) is 4.15. The summed E-state index contributed by atoms with van der Waals surface area (Å²) in [7, 11) is 0. The first-order valence-electron chi connectivity index (χ1n) is 10.3. The molecule has 0 amide bonds. The molecule has 0 fully saturated rings. The van der Waals surface area contributed by atoms with Crippen LogP contribution in [-0.4, -0.2) is 36.2 Å². The lowest BCUT2D eigenvalue weighted by Gasteiger charge is -2.04. The molecule has 34 heavy (non-hydrogen) atoms. The van der Waals surface area contributed by atoms with Crippen LogP contribution in [0.3, 0.4) is 0 Å². The molecular formula is C24H18FN7OS. The smallest absolute Gasteiger partial charge is 0.280 e. The number of para-hydroxylation sites is 2. The number of nitrogens with one attached hydrogen (secondary N) is 1. The average Bonchev–Trinajstić information content (AvgIpc) is 3.48. The molecule has 0 saturated heterocycles. The van der Waals surface area contributed by atoms with Crippen molar-refractivity contribution in [2.24, 2.45) is 4.99 Å². The van der Waals surface area contributed by atoms with Gasteiger partial charge in [-0.1, -0.05) is 48.2 Å². The Balaban J connectivity index is 1.48. The van der Waals surface area contributed by atoms with Crippen LogP contribution in [0.5, 0.6) is 0 Å². The molecule has 0 unspecified atom stereocenters. The quantitative estimate of drug-likeness (QED) is 0.282. The Morgan fingerprint density at radius 2 is 1.62 bits per heavy atom. The Hall–Kier alpha value is -4.31. The molecule has 0 spiro atoms. The zero-order chi connectivity index (χ0) is 23.3. The molecule has 0 radical (unpaired) electrons. The SMILES string of the molecule is O=c1c(C=Nc2ccc(F)cc2)c(CSc2nnnn2-c2ccccc2)[nH]n1-c1ccccc1. The molecule has 0 bridgehead atoms.